The second-order valence-electron chi connectivity index (χ2n) is 9.88. The average molecular weight is 615 g/mol. The summed E-state index contributed by atoms with van der Waals surface area (Å²) >= 11 is 3.41. The zero-order valence-corrected chi connectivity index (χ0v) is 25.2. The van der Waals surface area contributed by atoms with Crippen LogP contribution in [0.3, 0.4) is 0 Å². The standard InChI is InChI=1S/C30H36BrN3O4S/c1-5-28(30(36)32-19-22(2)3)33(20-24-12-9-11-23(4)17-24)29(35)21-34(26-14-10-13-25(31)18-26)39(37,38)27-15-7-6-8-16-27/h6-18,22,28H,5,19-21H2,1-4H3,(H,32,36)/t28-/m1/s1. The Labute approximate surface area is 240 Å². The van der Waals surface area contributed by atoms with Crippen molar-refractivity contribution in [2.24, 2.45) is 5.92 Å². The van der Waals surface area contributed by atoms with E-state index in [1.807, 2.05) is 52.0 Å². The van der Waals surface area contributed by atoms with Crippen molar-refractivity contribution in [2.75, 3.05) is 17.4 Å². The van der Waals surface area contributed by atoms with Gasteiger partial charge in [-0.05, 0) is 55.2 Å². The van der Waals surface area contributed by atoms with Gasteiger partial charge in [-0.25, -0.2) is 8.42 Å². The number of rotatable bonds is 12. The summed E-state index contributed by atoms with van der Waals surface area (Å²) in [6.07, 6.45) is 0.379. The number of carbonyl (C=O) groups excluding carboxylic acids is 2. The third-order valence-electron chi connectivity index (χ3n) is 6.21. The van der Waals surface area contributed by atoms with Gasteiger partial charge in [0, 0.05) is 17.6 Å². The molecule has 0 aromatic heterocycles. The lowest BCUT2D eigenvalue weighted by Gasteiger charge is -2.33. The van der Waals surface area contributed by atoms with Crippen LogP contribution in [0.5, 0.6) is 0 Å². The maximum atomic E-state index is 14.1. The van der Waals surface area contributed by atoms with E-state index in [9.17, 15) is 18.0 Å². The summed E-state index contributed by atoms with van der Waals surface area (Å²) in [6.45, 7) is 8.00. The molecule has 2 amide bonds. The Balaban J connectivity index is 2.04. The third-order valence-corrected chi connectivity index (χ3v) is 8.49. The highest BCUT2D eigenvalue weighted by atomic mass is 79.9. The molecule has 0 spiro atoms. The number of amides is 2. The number of halogens is 1. The smallest absolute Gasteiger partial charge is 0.264 e. The molecule has 0 aliphatic carbocycles. The second-order valence-corrected chi connectivity index (χ2v) is 12.7. The highest BCUT2D eigenvalue weighted by Gasteiger charge is 2.33. The van der Waals surface area contributed by atoms with Crippen molar-refractivity contribution in [3.8, 4) is 0 Å². The van der Waals surface area contributed by atoms with Gasteiger partial charge in [-0.2, -0.15) is 0 Å². The molecule has 0 saturated carbocycles. The van der Waals surface area contributed by atoms with Gasteiger partial charge in [0.25, 0.3) is 10.0 Å². The SMILES string of the molecule is CC[C@H](C(=O)NCC(C)C)N(Cc1cccc(C)c1)C(=O)CN(c1cccc(Br)c1)S(=O)(=O)c1ccccc1. The predicted molar refractivity (Wildman–Crippen MR) is 159 cm³/mol. The quantitative estimate of drug-likeness (QED) is 0.291. The fraction of sp³-hybridized carbons (Fsp3) is 0.333. The summed E-state index contributed by atoms with van der Waals surface area (Å²) in [4.78, 5) is 28.9. The van der Waals surface area contributed by atoms with Crippen LogP contribution in [0.4, 0.5) is 5.69 Å². The lowest BCUT2D eigenvalue weighted by molar-refractivity contribution is -0.140. The van der Waals surface area contributed by atoms with Crippen molar-refractivity contribution < 1.29 is 18.0 Å². The molecule has 0 saturated heterocycles. The maximum absolute atomic E-state index is 14.1. The molecular weight excluding hydrogens is 578 g/mol. The zero-order valence-electron chi connectivity index (χ0n) is 22.8. The molecule has 1 N–H and O–H groups in total. The van der Waals surface area contributed by atoms with Gasteiger partial charge in [0.1, 0.15) is 12.6 Å². The number of nitrogens with zero attached hydrogens (tertiary/aromatic N) is 2. The predicted octanol–water partition coefficient (Wildman–Crippen LogP) is 5.53. The number of nitrogens with one attached hydrogen (secondary N) is 1. The molecule has 0 unspecified atom stereocenters. The summed E-state index contributed by atoms with van der Waals surface area (Å²) in [5.74, 6) is -0.481. The lowest BCUT2D eigenvalue weighted by atomic mass is 10.1. The summed E-state index contributed by atoms with van der Waals surface area (Å²) in [5.41, 5.74) is 2.23. The van der Waals surface area contributed by atoms with Gasteiger partial charge in [0.15, 0.2) is 0 Å². The van der Waals surface area contributed by atoms with Gasteiger partial charge < -0.3 is 10.2 Å². The molecule has 0 aliphatic rings. The number of hydrogen-bond acceptors (Lipinski definition) is 4. The van der Waals surface area contributed by atoms with Crippen LogP contribution >= 0.6 is 15.9 Å². The molecule has 39 heavy (non-hydrogen) atoms. The Bertz CT molecular complexity index is 1380. The van der Waals surface area contributed by atoms with E-state index >= 15 is 0 Å². The van der Waals surface area contributed by atoms with Gasteiger partial charge >= 0.3 is 0 Å². The van der Waals surface area contributed by atoms with E-state index in [0.717, 1.165) is 15.4 Å². The van der Waals surface area contributed by atoms with Crippen LogP contribution in [0.1, 0.15) is 38.3 Å². The molecule has 0 heterocycles. The van der Waals surface area contributed by atoms with Gasteiger partial charge in [-0.15, -0.1) is 0 Å². The Morgan fingerprint density at radius 2 is 1.64 bits per heavy atom. The molecule has 9 heteroatoms. The monoisotopic (exact) mass is 613 g/mol. The largest absolute Gasteiger partial charge is 0.354 e. The van der Waals surface area contributed by atoms with Gasteiger partial charge in [0.2, 0.25) is 11.8 Å². The van der Waals surface area contributed by atoms with Crippen LogP contribution in [0.25, 0.3) is 0 Å². The number of carbonyl (C=O) groups is 2. The van der Waals surface area contributed by atoms with Crippen LogP contribution in [0.15, 0.2) is 88.2 Å². The van der Waals surface area contributed by atoms with Gasteiger partial charge in [0.05, 0.1) is 10.6 Å². The molecule has 0 fully saturated rings. The fourth-order valence-electron chi connectivity index (χ4n) is 4.23. The van der Waals surface area contributed by atoms with E-state index in [-0.39, 0.29) is 23.3 Å². The molecule has 3 aromatic rings. The molecule has 3 rings (SSSR count). The van der Waals surface area contributed by atoms with Crippen molar-refractivity contribution in [3.05, 3.63) is 94.5 Å². The minimum atomic E-state index is -4.09. The number of sulfonamides is 1. The molecule has 208 valence electrons. The lowest BCUT2D eigenvalue weighted by Crippen LogP contribution is -2.52. The Hall–Kier alpha value is -3.17. The second kappa shape index (κ2) is 13.8. The number of anilines is 1. The molecule has 0 aliphatic heterocycles. The van der Waals surface area contributed by atoms with E-state index < -0.39 is 28.5 Å². The number of benzene rings is 3. The first kappa shape index (κ1) is 30.4. The van der Waals surface area contributed by atoms with Gasteiger partial charge in [-0.3, -0.25) is 13.9 Å². The highest BCUT2D eigenvalue weighted by molar-refractivity contribution is 9.10. The number of hydrogen-bond donors (Lipinski definition) is 1. The van der Waals surface area contributed by atoms with E-state index in [1.54, 1.807) is 42.5 Å². The maximum Gasteiger partial charge on any atom is 0.264 e. The summed E-state index contributed by atoms with van der Waals surface area (Å²) in [6, 6.07) is 21.8. The fourth-order valence-corrected chi connectivity index (χ4v) is 6.04. The molecular formula is C30H36BrN3O4S. The topological polar surface area (TPSA) is 86.8 Å². The van der Waals surface area contributed by atoms with E-state index in [2.05, 4.69) is 21.2 Å². The molecule has 7 nitrogen and oxygen atoms in total. The first-order valence-corrected chi connectivity index (χ1v) is 15.2. The average Bonchev–Trinajstić information content (AvgIpc) is 2.90. The first-order chi connectivity index (χ1) is 18.5. The van der Waals surface area contributed by atoms with E-state index in [0.29, 0.717) is 23.1 Å². The van der Waals surface area contributed by atoms with Crippen LogP contribution < -0.4 is 9.62 Å². The van der Waals surface area contributed by atoms with Crippen LogP contribution in [0.2, 0.25) is 0 Å². The van der Waals surface area contributed by atoms with E-state index in [1.165, 1.54) is 17.0 Å². The highest BCUT2D eigenvalue weighted by Crippen LogP contribution is 2.27. The van der Waals surface area contributed by atoms with Crippen LogP contribution in [-0.2, 0) is 26.2 Å². The zero-order chi connectivity index (χ0) is 28.6. The van der Waals surface area contributed by atoms with Crippen molar-refractivity contribution >= 4 is 43.5 Å². The minimum Gasteiger partial charge on any atom is -0.354 e. The molecule has 3 aromatic carbocycles. The summed E-state index contributed by atoms with van der Waals surface area (Å²) in [7, 11) is -4.09. The summed E-state index contributed by atoms with van der Waals surface area (Å²) in [5, 5.41) is 2.94. The van der Waals surface area contributed by atoms with Gasteiger partial charge in [-0.1, -0.05) is 90.8 Å². The Kier molecular flexibility index (Phi) is 10.7. The number of aryl methyl sites for hydroxylation is 1. The first-order valence-electron chi connectivity index (χ1n) is 13.0. The Morgan fingerprint density at radius 3 is 2.26 bits per heavy atom. The van der Waals surface area contributed by atoms with E-state index in [4.69, 9.17) is 0 Å². The van der Waals surface area contributed by atoms with Crippen LogP contribution in [0, 0.1) is 12.8 Å². The van der Waals surface area contributed by atoms with Crippen molar-refractivity contribution in [1.82, 2.24) is 10.2 Å². The molecule has 1 atom stereocenters. The normalized spacial score (nSPS) is 12.2. The molecule has 0 bridgehead atoms. The minimum absolute atomic E-state index is 0.0738. The third kappa shape index (κ3) is 8.16. The van der Waals surface area contributed by atoms with Crippen molar-refractivity contribution in [2.45, 2.75) is 51.6 Å². The Morgan fingerprint density at radius 1 is 0.949 bits per heavy atom. The van der Waals surface area contributed by atoms with Crippen molar-refractivity contribution in [3.63, 3.8) is 0 Å². The van der Waals surface area contributed by atoms with Crippen LogP contribution in [-0.4, -0.2) is 44.3 Å². The van der Waals surface area contributed by atoms with Crippen molar-refractivity contribution in [1.29, 1.82) is 0 Å². The molecule has 0 radical (unpaired) electrons. The summed E-state index contributed by atoms with van der Waals surface area (Å²) < 4.78 is 29.4.